The van der Waals surface area contributed by atoms with Crippen LogP contribution in [0.4, 0.5) is 0 Å². The number of rotatable bonds is 8. The molecule has 0 spiro atoms. The average Bonchev–Trinajstić information content (AvgIpc) is 2.53. The quantitative estimate of drug-likeness (QED) is 0.722. The van der Waals surface area contributed by atoms with Gasteiger partial charge in [-0.2, -0.15) is 11.8 Å². The number of carbonyl (C=O) groups excluding carboxylic acids is 1. The van der Waals surface area contributed by atoms with Gasteiger partial charge in [-0.3, -0.25) is 4.79 Å². The van der Waals surface area contributed by atoms with Crippen molar-refractivity contribution in [2.45, 2.75) is 32.2 Å². The van der Waals surface area contributed by atoms with Gasteiger partial charge in [0, 0.05) is 37.1 Å². The lowest BCUT2D eigenvalue weighted by Crippen LogP contribution is -2.41. The Bertz CT molecular complexity index is 444. The smallest absolute Gasteiger partial charge is 0.221 e. The molecule has 0 aliphatic carbocycles. The summed E-state index contributed by atoms with van der Waals surface area (Å²) >= 11 is 1.92. The summed E-state index contributed by atoms with van der Waals surface area (Å²) in [5.74, 6) is 3.26. The molecular formula is C17H26N2O2S. The van der Waals surface area contributed by atoms with Gasteiger partial charge < -0.3 is 15.4 Å². The van der Waals surface area contributed by atoms with Gasteiger partial charge in [-0.25, -0.2) is 0 Å². The van der Waals surface area contributed by atoms with Crippen molar-refractivity contribution in [1.82, 2.24) is 10.6 Å². The molecule has 4 nitrogen and oxygen atoms in total. The number of hydrogen-bond acceptors (Lipinski definition) is 4. The highest BCUT2D eigenvalue weighted by molar-refractivity contribution is 7.99. The van der Waals surface area contributed by atoms with Gasteiger partial charge in [0.15, 0.2) is 0 Å². The monoisotopic (exact) mass is 322 g/mol. The molecule has 22 heavy (non-hydrogen) atoms. The lowest BCUT2D eigenvalue weighted by Gasteiger charge is -2.22. The molecule has 1 atom stereocenters. The van der Waals surface area contributed by atoms with E-state index in [1.165, 1.54) is 5.56 Å². The first-order valence-electron chi connectivity index (χ1n) is 8.01. The third kappa shape index (κ3) is 6.71. The first kappa shape index (κ1) is 17.2. The summed E-state index contributed by atoms with van der Waals surface area (Å²) in [6, 6.07) is 8.42. The predicted molar refractivity (Wildman–Crippen MR) is 92.7 cm³/mol. The Balaban J connectivity index is 1.48. The molecule has 1 aliphatic heterocycles. The van der Waals surface area contributed by atoms with E-state index in [4.69, 9.17) is 4.74 Å². The SMILES string of the molecule is Cc1ccc(OCCCCNC(=O)CC2CSCCN2)cc1. The molecule has 1 amide bonds. The maximum Gasteiger partial charge on any atom is 0.221 e. The van der Waals surface area contributed by atoms with Crippen molar-refractivity contribution in [3.05, 3.63) is 29.8 Å². The number of aryl methyl sites for hydroxylation is 1. The molecule has 0 saturated carbocycles. The Labute approximate surface area is 137 Å². The van der Waals surface area contributed by atoms with E-state index in [0.717, 1.165) is 43.2 Å². The fraction of sp³-hybridized carbons (Fsp3) is 0.588. The van der Waals surface area contributed by atoms with Crippen molar-refractivity contribution in [2.75, 3.05) is 31.2 Å². The number of thioether (sulfide) groups is 1. The Morgan fingerprint density at radius 1 is 1.36 bits per heavy atom. The zero-order valence-corrected chi connectivity index (χ0v) is 14.1. The molecule has 122 valence electrons. The van der Waals surface area contributed by atoms with Crippen molar-refractivity contribution in [3.63, 3.8) is 0 Å². The summed E-state index contributed by atoms with van der Waals surface area (Å²) in [4.78, 5) is 11.8. The number of carbonyl (C=O) groups is 1. The second-order valence-corrected chi connectivity index (χ2v) is 6.80. The van der Waals surface area contributed by atoms with Crippen LogP contribution in [0.3, 0.4) is 0 Å². The number of benzene rings is 1. The van der Waals surface area contributed by atoms with Gasteiger partial charge in [-0.1, -0.05) is 17.7 Å². The number of nitrogens with one attached hydrogen (secondary N) is 2. The number of amides is 1. The molecule has 1 unspecified atom stereocenters. The van der Waals surface area contributed by atoms with Crippen LogP contribution in [0.15, 0.2) is 24.3 Å². The van der Waals surface area contributed by atoms with Crippen LogP contribution >= 0.6 is 11.8 Å². The Morgan fingerprint density at radius 3 is 2.91 bits per heavy atom. The van der Waals surface area contributed by atoms with Gasteiger partial charge in [-0.15, -0.1) is 0 Å². The van der Waals surface area contributed by atoms with E-state index >= 15 is 0 Å². The highest BCUT2D eigenvalue weighted by Crippen LogP contribution is 2.12. The molecule has 1 aliphatic rings. The molecule has 0 radical (unpaired) electrons. The highest BCUT2D eigenvalue weighted by atomic mass is 32.2. The first-order chi connectivity index (χ1) is 10.7. The van der Waals surface area contributed by atoms with Gasteiger partial charge in [0.25, 0.3) is 0 Å². The third-order valence-corrected chi connectivity index (χ3v) is 4.74. The van der Waals surface area contributed by atoms with Crippen molar-refractivity contribution in [3.8, 4) is 5.75 Å². The van der Waals surface area contributed by atoms with Crippen LogP contribution in [-0.4, -0.2) is 43.2 Å². The summed E-state index contributed by atoms with van der Waals surface area (Å²) in [7, 11) is 0. The summed E-state index contributed by atoms with van der Waals surface area (Å²) < 4.78 is 5.66. The van der Waals surface area contributed by atoms with Crippen LogP contribution in [0.5, 0.6) is 5.75 Å². The van der Waals surface area contributed by atoms with E-state index in [1.807, 2.05) is 36.0 Å². The van der Waals surface area contributed by atoms with Crippen LogP contribution < -0.4 is 15.4 Å². The van der Waals surface area contributed by atoms with Crippen LogP contribution in [0, 0.1) is 6.92 Å². The molecular weight excluding hydrogens is 296 g/mol. The van der Waals surface area contributed by atoms with E-state index in [2.05, 4.69) is 17.6 Å². The second kappa shape index (κ2) is 9.74. The lowest BCUT2D eigenvalue weighted by atomic mass is 10.2. The molecule has 1 fully saturated rings. The van der Waals surface area contributed by atoms with Crippen LogP contribution in [0.2, 0.25) is 0 Å². The number of unbranched alkanes of at least 4 members (excludes halogenated alkanes) is 1. The van der Waals surface area contributed by atoms with Crippen LogP contribution in [0.25, 0.3) is 0 Å². The summed E-state index contributed by atoms with van der Waals surface area (Å²) in [6.45, 7) is 4.50. The maximum absolute atomic E-state index is 11.8. The largest absolute Gasteiger partial charge is 0.494 e. The predicted octanol–water partition coefficient (Wildman–Crippen LogP) is 2.37. The minimum absolute atomic E-state index is 0.152. The third-order valence-electron chi connectivity index (χ3n) is 3.61. The summed E-state index contributed by atoms with van der Waals surface area (Å²) in [5, 5.41) is 6.37. The molecule has 5 heteroatoms. The van der Waals surface area contributed by atoms with Gasteiger partial charge in [0.1, 0.15) is 5.75 Å². The Hall–Kier alpha value is -1.20. The molecule has 1 aromatic carbocycles. The molecule has 1 aromatic rings. The van der Waals surface area contributed by atoms with E-state index in [1.54, 1.807) is 0 Å². The fourth-order valence-corrected chi connectivity index (χ4v) is 3.28. The fourth-order valence-electron chi connectivity index (χ4n) is 2.33. The lowest BCUT2D eigenvalue weighted by molar-refractivity contribution is -0.121. The minimum Gasteiger partial charge on any atom is -0.494 e. The minimum atomic E-state index is 0.152. The molecule has 2 N–H and O–H groups in total. The van der Waals surface area contributed by atoms with E-state index in [0.29, 0.717) is 19.1 Å². The summed E-state index contributed by atoms with van der Waals surface area (Å²) in [5.41, 5.74) is 1.24. The Morgan fingerprint density at radius 2 is 2.18 bits per heavy atom. The zero-order chi connectivity index (χ0) is 15.6. The zero-order valence-electron chi connectivity index (χ0n) is 13.3. The molecule has 1 saturated heterocycles. The van der Waals surface area contributed by atoms with Crippen LogP contribution in [-0.2, 0) is 4.79 Å². The maximum atomic E-state index is 11.8. The molecule has 2 rings (SSSR count). The number of hydrogen-bond donors (Lipinski definition) is 2. The van der Waals surface area contributed by atoms with Crippen molar-refractivity contribution in [2.24, 2.45) is 0 Å². The Kier molecular flexibility index (Phi) is 7.60. The van der Waals surface area contributed by atoms with Crippen molar-refractivity contribution < 1.29 is 9.53 Å². The molecule has 1 heterocycles. The van der Waals surface area contributed by atoms with Crippen LogP contribution in [0.1, 0.15) is 24.8 Å². The van der Waals surface area contributed by atoms with E-state index in [9.17, 15) is 4.79 Å². The van der Waals surface area contributed by atoms with Crippen molar-refractivity contribution >= 4 is 17.7 Å². The van der Waals surface area contributed by atoms with Crippen molar-refractivity contribution in [1.29, 1.82) is 0 Å². The van der Waals surface area contributed by atoms with Gasteiger partial charge in [-0.05, 0) is 31.9 Å². The van der Waals surface area contributed by atoms with Gasteiger partial charge in [0.05, 0.1) is 6.61 Å². The normalized spacial score (nSPS) is 18.0. The number of ether oxygens (including phenoxy) is 1. The second-order valence-electron chi connectivity index (χ2n) is 5.65. The van der Waals surface area contributed by atoms with E-state index in [-0.39, 0.29) is 5.91 Å². The standard InChI is InChI=1S/C17H26N2O2S/c1-14-4-6-16(7-5-14)21-10-3-2-8-19-17(20)12-15-13-22-11-9-18-15/h4-7,15,18H,2-3,8-13H2,1H3,(H,19,20). The molecule has 0 aromatic heterocycles. The van der Waals surface area contributed by atoms with Gasteiger partial charge >= 0.3 is 0 Å². The molecule has 0 bridgehead atoms. The van der Waals surface area contributed by atoms with Gasteiger partial charge in [0.2, 0.25) is 5.91 Å². The topological polar surface area (TPSA) is 50.4 Å². The first-order valence-corrected chi connectivity index (χ1v) is 9.17. The summed E-state index contributed by atoms with van der Waals surface area (Å²) in [6.07, 6.45) is 2.49. The van der Waals surface area contributed by atoms with E-state index < -0.39 is 0 Å². The highest BCUT2D eigenvalue weighted by Gasteiger charge is 2.16. The average molecular weight is 322 g/mol.